The van der Waals surface area contributed by atoms with Gasteiger partial charge in [-0.05, 0) is 32.4 Å². The molecule has 0 saturated carbocycles. The van der Waals surface area contributed by atoms with Crippen LogP contribution in [0.1, 0.15) is 32.5 Å². The van der Waals surface area contributed by atoms with E-state index in [1.807, 2.05) is 13.0 Å². The normalized spacial score (nSPS) is 21.6. The Morgan fingerprint density at radius 3 is 2.53 bits per heavy atom. The smallest absolute Gasteiger partial charge is 0.296 e. The van der Waals surface area contributed by atoms with E-state index in [0.717, 1.165) is 39.1 Å². The Morgan fingerprint density at radius 1 is 1.03 bits per heavy atom. The van der Waals surface area contributed by atoms with Gasteiger partial charge in [0.2, 0.25) is 5.95 Å². The van der Waals surface area contributed by atoms with Gasteiger partial charge in [0.25, 0.3) is 6.43 Å². The van der Waals surface area contributed by atoms with Gasteiger partial charge in [-0.3, -0.25) is 9.47 Å². The van der Waals surface area contributed by atoms with Crippen LogP contribution in [0.4, 0.5) is 20.4 Å². The molecule has 0 amide bonds. The van der Waals surface area contributed by atoms with Gasteiger partial charge in [-0.2, -0.15) is 9.97 Å². The lowest BCUT2D eigenvalue weighted by Gasteiger charge is -2.39. The number of piperazine rings is 1. The maximum atomic E-state index is 14.1. The summed E-state index contributed by atoms with van der Waals surface area (Å²) in [6.45, 7) is 9.57. The van der Waals surface area contributed by atoms with Crippen LogP contribution in [0.25, 0.3) is 17.0 Å². The van der Waals surface area contributed by atoms with E-state index in [1.165, 1.54) is 4.57 Å². The number of halogens is 2. The standard InChI is InChI=1S/C25H33F2N7O2/c1-17-18(2)36-15-13-33(17)22-16-21(32-11-9-31(10-12-32)8-5-14-35)29-25(30-22)34-20-7-4-3-6-19(20)28-24(34)23(26)27/h3-4,6-7,16-18,23,35H,5,8-15H2,1-2H3/t17-,18+/m1/s1. The first-order valence-corrected chi connectivity index (χ1v) is 12.6. The van der Waals surface area contributed by atoms with Crippen molar-refractivity contribution in [3.8, 4) is 5.95 Å². The molecule has 2 atom stereocenters. The van der Waals surface area contributed by atoms with Crippen LogP contribution in [0, 0.1) is 0 Å². The maximum absolute atomic E-state index is 14.1. The number of hydrogen-bond acceptors (Lipinski definition) is 8. The van der Waals surface area contributed by atoms with Crippen molar-refractivity contribution in [2.75, 3.05) is 62.3 Å². The highest BCUT2D eigenvalue weighted by Crippen LogP contribution is 2.31. The summed E-state index contributed by atoms with van der Waals surface area (Å²) in [7, 11) is 0. The van der Waals surface area contributed by atoms with Gasteiger partial charge in [-0.25, -0.2) is 13.8 Å². The molecule has 5 rings (SSSR count). The largest absolute Gasteiger partial charge is 0.396 e. The van der Waals surface area contributed by atoms with Crippen molar-refractivity contribution in [2.24, 2.45) is 0 Å². The fourth-order valence-electron chi connectivity index (χ4n) is 4.97. The summed E-state index contributed by atoms with van der Waals surface area (Å²) in [5, 5.41) is 9.15. The average molecular weight is 502 g/mol. The predicted molar refractivity (Wildman–Crippen MR) is 134 cm³/mol. The number of benzene rings is 1. The number of para-hydroxylation sites is 2. The van der Waals surface area contributed by atoms with Gasteiger partial charge in [0.1, 0.15) is 11.6 Å². The minimum absolute atomic E-state index is 0.0152. The first kappa shape index (κ1) is 24.8. The Morgan fingerprint density at radius 2 is 1.78 bits per heavy atom. The molecule has 1 aromatic carbocycles. The van der Waals surface area contributed by atoms with Crippen LogP contribution in [0.3, 0.4) is 0 Å². The fraction of sp³-hybridized carbons (Fsp3) is 0.560. The summed E-state index contributed by atoms with van der Waals surface area (Å²) < 4.78 is 35.4. The summed E-state index contributed by atoms with van der Waals surface area (Å²) in [5.74, 6) is 1.23. The number of hydrogen-bond donors (Lipinski definition) is 1. The number of rotatable bonds is 7. The number of morpholine rings is 1. The number of anilines is 2. The second-order valence-corrected chi connectivity index (χ2v) is 9.39. The topological polar surface area (TPSA) is 82.8 Å². The Bertz CT molecular complexity index is 1180. The van der Waals surface area contributed by atoms with Gasteiger partial charge in [0.05, 0.1) is 29.8 Å². The van der Waals surface area contributed by atoms with Crippen LogP contribution in [0.5, 0.6) is 0 Å². The van der Waals surface area contributed by atoms with Gasteiger partial charge in [0, 0.05) is 51.9 Å². The Kier molecular flexibility index (Phi) is 7.31. The molecule has 2 aliphatic heterocycles. The minimum atomic E-state index is -2.77. The van der Waals surface area contributed by atoms with Crippen LogP contribution < -0.4 is 9.80 Å². The van der Waals surface area contributed by atoms with Crippen molar-refractivity contribution < 1.29 is 18.6 Å². The monoisotopic (exact) mass is 501 g/mol. The Labute approximate surface area is 209 Å². The molecule has 36 heavy (non-hydrogen) atoms. The predicted octanol–water partition coefficient (Wildman–Crippen LogP) is 2.87. The third-order valence-electron chi connectivity index (χ3n) is 7.18. The second-order valence-electron chi connectivity index (χ2n) is 9.39. The van der Waals surface area contributed by atoms with Crippen molar-refractivity contribution >= 4 is 22.7 Å². The summed E-state index contributed by atoms with van der Waals surface area (Å²) in [4.78, 5) is 20.5. The summed E-state index contributed by atoms with van der Waals surface area (Å²) in [6.07, 6.45) is -2.01. The van der Waals surface area contributed by atoms with Gasteiger partial charge in [-0.1, -0.05) is 12.1 Å². The van der Waals surface area contributed by atoms with Crippen LogP contribution in [-0.2, 0) is 4.74 Å². The molecule has 2 aliphatic rings. The van der Waals surface area contributed by atoms with Crippen molar-refractivity contribution in [1.82, 2.24) is 24.4 Å². The molecule has 0 radical (unpaired) electrons. The zero-order valence-corrected chi connectivity index (χ0v) is 20.7. The quantitative estimate of drug-likeness (QED) is 0.529. The molecule has 9 nitrogen and oxygen atoms in total. The molecule has 1 N–H and O–H groups in total. The first-order chi connectivity index (χ1) is 17.5. The molecule has 2 aromatic heterocycles. The molecule has 4 heterocycles. The van der Waals surface area contributed by atoms with Crippen molar-refractivity contribution in [3.63, 3.8) is 0 Å². The number of alkyl halides is 2. The van der Waals surface area contributed by atoms with Gasteiger partial charge in [-0.15, -0.1) is 0 Å². The lowest BCUT2D eigenvalue weighted by molar-refractivity contribution is 0.0281. The van der Waals surface area contributed by atoms with Gasteiger partial charge < -0.3 is 19.6 Å². The van der Waals surface area contributed by atoms with E-state index in [0.29, 0.717) is 35.8 Å². The van der Waals surface area contributed by atoms with E-state index < -0.39 is 6.43 Å². The van der Waals surface area contributed by atoms with Crippen LogP contribution >= 0.6 is 0 Å². The lowest BCUT2D eigenvalue weighted by Crippen LogP contribution is -2.49. The number of fused-ring (bicyclic) bond motifs is 1. The van der Waals surface area contributed by atoms with Crippen molar-refractivity contribution in [3.05, 3.63) is 36.2 Å². The zero-order valence-electron chi connectivity index (χ0n) is 20.7. The molecule has 11 heteroatoms. The third-order valence-corrected chi connectivity index (χ3v) is 7.18. The summed E-state index contributed by atoms with van der Waals surface area (Å²) in [5.41, 5.74) is 1.03. The maximum Gasteiger partial charge on any atom is 0.296 e. The number of ether oxygens (including phenoxy) is 1. The number of nitrogens with zero attached hydrogens (tertiary/aromatic N) is 7. The number of aromatic nitrogens is 4. The van der Waals surface area contributed by atoms with Gasteiger partial charge >= 0.3 is 0 Å². The first-order valence-electron chi connectivity index (χ1n) is 12.6. The van der Waals surface area contributed by atoms with Crippen molar-refractivity contribution in [2.45, 2.75) is 38.8 Å². The van der Waals surface area contributed by atoms with E-state index >= 15 is 0 Å². The molecular formula is C25H33F2N7O2. The van der Waals surface area contributed by atoms with Gasteiger partial charge in [0.15, 0.2) is 5.82 Å². The molecule has 194 valence electrons. The molecule has 0 aliphatic carbocycles. The number of aliphatic hydroxyl groups is 1. The van der Waals surface area contributed by atoms with E-state index in [-0.39, 0.29) is 30.5 Å². The molecule has 0 unspecified atom stereocenters. The highest BCUT2D eigenvalue weighted by Gasteiger charge is 2.30. The van der Waals surface area contributed by atoms with Crippen LogP contribution in [-0.4, -0.2) is 94.2 Å². The molecule has 0 spiro atoms. The van der Waals surface area contributed by atoms with E-state index in [4.69, 9.17) is 19.8 Å². The Hall–Kier alpha value is -2.89. The van der Waals surface area contributed by atoms with E-state index in [2.05, 4.69) is 26.6 Å². The van der Waals surface area contributed by atoms with Crippen LogP contribution in [0.2, 0.25) is 0 Å². The molecular weight excluding hydrogens is 468 g/mol. The molecule has 0 bridgehead atoms. The van der Waals surface area contributed by atoms with Crippen LogP contribution in [0.15, 0.2) is 30.3 Å². The average Bonchev–Trinajstić information content (AvgIpc) is 3.29. The SMILES string of the molecule is C[C@@H]1OCCN(c2cc(N3CCN(CCCO)CC3)nc(-n3c(C(F)F)nc4ccccc43)n2)[C@@H]1C. The molecule has 2 saturated heterocycles. The fourth-order valence-corrected chi connectivity index (χ4v) is 4.97. The number of aliphatic hydroxyl groups excluding tert-OH is 1. The van der Waals surface area contributed by atoms with E-state index in [1.54, 1.807) is 24.3 Å². The highest BCUT2D eigenvalue weighted by atomic mass is 19.3. The highest BCUT2D eigenvalue weighted by molar-refractivity contribution is 5.78. The third kappa shape index (κ3) is 4.87. The Balaban J connectivity index is 1.57. The second kappa shape index (κ2) is 10.6. The summed E-state index contributed by atoms with van der Waals surface area (Å²) >= 11 is 0. The lowest BCUT2D eigenvalue weighted by atomic mass is 10.1. The van der Waals surface area contributed by atoms with Crippen molar-refractivity contribution in [1.29, 1.82) is 0 Å². The minimum Gasteiger partial charge on any atom is -0.396 e. The molecule has 3 aromatic rings. The summed E-state index contributed by atoms with van der Waals surface area (Å²) in [6, 6.07) is 9.10. The van der Waals surface area contributed by atoms with E-state index in [9.17, 15) is 8.78 Å². The molecule has 2 fully saturated rings. The number of imidazole rings is 1. The zero-order chi connectivity index (χ0) is 25.2.